The van der Waals surface area contributed by atoms with Crippen LogP contribution < -0.4 is 22.1 Å². The van der Waals surface area contributed by atoms with Gasteiger partial charge in [-0.15, -0.1) is 0 Å². The van der Waals surface area contributed by atoms with Crippen molar-refractivity contribution in [3.63, 3.8) is 0 Å². The molecule has 0 bridgehead atoms. The molecule has 0 saturated carbocycles. The molecule has 11 nitrogen and oxygen atoms in total. The van der Waals surface area contributed by atoms with Gasteiger partial charge >= 0.3 is 5.97 Å². The number of nitrogens with zero attached hydrogens (tertiary/aromatic N) is 2. The number of carbonyl (C=O) groups is 2. The van der Waals surface area contributed by atoms with Crippen molar-refractivity contribution in [2.45, 2.75) is 18.3 Å². The standard InChI is InChI=1S/C22H24N6O5S/c1-22(24,34(2,32)33)16-6-4-3-5-13(16)10-25-17-9-19(27-12-15(17)20(23)29)28-18-8-7-14(11-26-18)21(30)31/h3-9,11-12H,10,24H2,1-2H3,(H2,23,29)(H,30,31)(H2,25,26,27,28). The second kappa shape index (κ2) is 9.45. The molecule has 2 aromatic heterocycles. The summed E-state index contributed by atoms with van der Waals surface area (Å²) in [7, 11) is -3.62. The zero-order valence-corrected chi connectivity index (χ0v) is 19.3. The second-order valence-electron chi connectivity index (χ2n) is 7.73. The lowest BCUT2D eigenvalue weighted by atomic mass is 10.0. The summed E-state index contributed by atoms with van der Waals surface area (Å²) in [6, 6.07) is 11.2. The molecule has 12 heteroatoms. The summed E-state index contributed by atoms with van der Waals surface area (Å²) in [5, 5.41) is 15.0. The van der Waals surface area contributed by atoms with Crippen molar-refractivity contribution < 1.29 is 23.1 Å². The number of pyridine rings is 2. The Morgan fingerprint density at radius 1 is 1.09 bits per heavy atom. The highest BCUT2D eigenvalue weighted by atomic mass is 32.2. The van der Waals surface area contributed by atoms with Crippen molar-refractivity contribution in [3.8, 4) is 0 Å². The molecule has 0 aliphatic rings. The number of nitrogens with one attached hydrogen (secondary N) is 2. The molecule has 0 aliphatic heterocycles. The van der Waals surface area contributed by atoms with Crippen molar-refractivity contribution in [1.82, 2.24) is 9.97 Å². The van der Waals surface area contributed by atoms with E-state index in [9.17, 15) is 18.0 Å². The van der Waals surface area contributed by atoms with E-state index < -0.39 is 26.6 Å². The predicted octanol–water partition coefficient (Wildman–Crippen LogP) is 1.81. The number of hydrogen-bond donors (Lipinski definition) is 5. The Labute approximate surface area is 196 Å². The van der Waals surface area contributed by atoms with Gasteiger partial charge in [0.05, 0.1) is 16.8 Å². The number of hydrogen-bond acceptors (Lipinski definition) is 9. The van der Waals surface area contributed by atoms with Crippen LogP contribution in [0.4, 0.5) is 17.3 Å². The van der Waals surface area contributed by atoms with Gasteiger partial charge < -0.3 is 27.2 Å². The first-order valence-corrected chi connectivity index (χ1v) is 11.9. The lowest BCUT2D eigenvalue weighted by Crippen LogP contribution is -2.42. The number of amides is 1. The normalized spacial score (nSPS) is 13.0. The Morgan fingerprint density at radius 2 is 1.76 bits per heavy atom. The summed E-state index contributed by atoms with van der Waals surface area (Å²) in [6.45, 7) is 1.57. The number of nitrogens with two attached hydrogens (primary N) is 2. The van der Waals surface area contributed by atoms with Crippen LogP contribution >= 0.6 is 0 Å². The zero-order valence-electron chi connectivity index (χ0n) is 18.4. The lowest BCUT2D eigenvalue weighted by Gasteiger charge is -2.26. The van der Waals surface area contributed by atoms with Crippen molar-refractivity contribution >= 4 is 39.0 Å². The van der Waals surface area contributed by atoms with Gasteiger partial charge in [0, 0.05) is 31.3 Å². The maximum Gasteiger partial charge on any atom is 0.337 e. The Bertz CT molecular complexity index is 1340. The summed E-state index contributed by atoms with van der Waals surface area (Å²) in [5.74, 6) is -1.15. The van der Waals surface area contributed by atoms with Crippen LogP contribution in [0.2, 0.25) is 0 Å². The molecule has 0 fully saturated rings. The molecule has 178 valence electrons. The summed E-state index contributed by atoms with van der Waals surface area (Å²) in [4.78, 5) is 29.5. The summed E-state index contributed by atoms with van der Waals surface area (Å²) in [5.41, 5.74) is 13.2. The van der Waals surface area contributed by atoms with Crippen LogP contribution in [-0.2, 0) is 21.3 Å². The van der Waals surface area contributed by atoms with Gasteiger partial charge in [0.25, 0.3) is 5.91 Å². The fourth-order valence-corrected chi connectivity index (χ4v) is 3.74. The van der Waals surface area contributed by atoms with E-state index in [0.717, 1.165) is 6.26 Å². The molecule has 34 heavy (non-hydrogen) atoms. The molecule has 1 unspecified atom stereocenters. The molecular formula is C22H24N6O5S. The van der Waals surface area contributed by atoms with Crippen LogP contribution in [0.3, 0.4) is 0 Å². The number of benzene rings is 1. The monoisotopic (exact) mass is 484 g/mol. The van der Waals surface area contributed by atoms with Gasteiger partial charge in [-0.05, 0) is 30.2 Å². The average Bonchev–Trinajstić information content (AvgIpc) is 2.77. The number of carbonyl (C=O) groups excluding carboxylic acids is 1. The Balaban J connectivity index is 1.89. The van der Waals surface area contributed by atoms with E-state index in [-0.39, 0.29) is 17.7 Å². The maximum atomic E-state index is 12.2. The minimum atomic E-state index is -3.62. The first kappa shape index (κ1) is 24.6. The topological polar surface area (TPSA) is 190 Å². The quantitative estimate of drug-likeness (QED) is 0.299. The molecule has 0 radical (unpaired) electrons. The van der Waals surface area contributed by atoms with E-state index in [1.165, 1.54) is 37.5 Å². The second-order valence-corrected chi connectivity index (χ2v) is 10.1. The van der Waals surface area contributed by atoms with Gasteiger partial charge in [-0.3, -0.25) is 4.79 Å². The molecule has 3 aromatic rings. The zero-order chi connectivity index (χ0) is 25.1. The smallest absolute Gasteiger partial charge is 0.337 e. The molecule has 0 saturated heterocycles. The highest BCUT2D eigenvalue weighted by molar-refractivity contribution is 7.91. The van der Waals surface area contributed by atoms with E-state index in [2.05, 4.69) is 20.6 Å². The van der Waals surface area contributed by atoms with Crippen LogP contribution in [0.1, 0.15) is 38.8 Å². The highest BCUT2D eigenvalue weighted by Crippen LogP contribution is 2.28. The molecule has 0 aliphatic carbocycles. The van der Waals surface area contributed by atoms with Crippen LogP contribution in [0, 0.1) is 0 Å². The number of primary amides is 1. The molecule has 1 aromatic carbocycles. The van der Waals surface area contributed by atoms with Crippen LogP contribution in [0.5, 0.6) is 0 Å². The van der Waals surface area contributed by atoms with E-state index in [1.54, 1.807) is 24.3 Å². The number of sulfone groups is 1. The minimum absolute atomic E-state index is 0.0320. The number of aromatic carboxylic acids is 1. The molecule has 3 rings (SSSR count). The summed E-state index contributed by atoms with van der Waals surface area (Å²) >= 11 is 0. The third kappa shape index (κ3) is 5.30. The van der Waals surface area contributed by atoms with E-state index >= 15 is 0 Å². The summed E-state index contributed by atoms with van der Waals surface area (Å²) < 4.78 is 24.5. The van der Waals surface area contributed by atoms with Gasteiger partial charge in [0.1, 0.15) is 16.5 Å². The van der Waals surface area contributed by atoms with Gasteiger partial charge in [-0.25, -0.2) is 23.2 Å². The van der Waals surface area contributed by atoms with Crippen molar-refractivity contribution in [3.05, 3.63) is 77.1 Å². The molecule has 2 heterocycles. The van der Waals surface area contributed by atoms with E-state index in [1.807, 2.05) is 0 Å². The molecular weight excluding hydrogens is 460 g/mol. The van der Waals surface area contributed by atoms with Crippen LogP contribution in [0.15, 0.2) is 54.9 Å². The summed E-state index contributed by atoms with van der Waals surface area (Å²) in [6.07, 6.45) is 3.55. The maximum absolute atomic E-state index is 12.2. The van der Waals surface area contributed by atoms with Gasteiger partial charge in [-0.2, -0.15) is 0 Å². The third-order valence-electron chi connectivity index (χ3n) is 5.23. The Morgan fingerprint density at radius 3 is 2.35 bits per heavy atom. The SMILES string of the molecule is CC(N)(c1ccccc1CNc1cc(Nc2ccc(C(=O)O)cn2)ncc1C(N)=O)S(C)(=O)=O. The predicted molar refractivity (Wildman–Crippen MR) is 127 cm³/mol. The average molecular weight is 485 g/mol. The van der Waals surface area contributed by atoms with Crippen LogP contribution in [0.25, 0.3) is 0 Å². The number of carboxylic acid groups (broad SMARTS) is 1. The Kier molecular flexibility index (Phi) is 6.84. The van der Waals surface area contributed by atoms with Crippen molar-refractivity contribution in [2.24, 2.45) is 11.5 Å². The first-order valence-electron chi connectivity index (χ1n) is 9.97. The van der Waals surface area contributed by atoms with Crippen LogP contribution in [-0.4, -0.2) is 41.6 Å². The largest absolute Gasteiger partial charge is 0.478 e. The molecule has 1 amide bonds. The van der Waals surface area contributed by atoms with E-state index in [0.29, 0.717) is 28.5 Å². The first-order chi connectivity index (χ1) is 15.9. The molecule has 1 atom stereocenters. The van der Waals surface area contributed by atoms with Gasteiger partial charge in [0.2, 0.25) is 0 Å². The number of carboxylic acids is 1. The van der Waals surface area contributed by atoms with Crippen molar-refractivity contribution in [1.29, 1.82) is 0 Å². The fraction of sp³-hybridized carbons (Fsp3) is 0.182. The molecule has 0 spiro atoms. The van der Waals surface area contributed by atoms with Gasteiger partial charge in [-0.1, -0.05) is 24.3 Å². The van der Waals surface area contributed by atoms with E-state index in [4.69, 9.17) is 16.6 Å². The highest BCUT2D eigenvalue weighted by Gasteiger charge is 2.34. The third-order valence-corrected chi connectivity index (χ3v) is 6.99. The fourth-order valence-electron chi connectivity index (χ4n) is 3.14. The van der Waals surface area contributed by atoms with Gasteiger partial charge in [0.15, 0.2) is 9.84 Å². The lowest BCUT2D eigenvalue weighted by molar-refractivity contribution is 0.0696. The number of aromatic nitrogens is 2. The minimum Gasteiger partial charge on any atom is -0.478 e. The molecule has 7 N–H and O–H groups in total. The number of anilines is 3. The number of rotatable bonds is 9. The van der Waals surface area contributed by atoms with Crippen molar-refractivity contribution in [2.75, 3.05) is 16.9 Å². The Hall–Kier alpha value is -4.03.